The van der Waals surface area contributed by atoms with Crippen molar-refractivity contribution in [3.63, 3.8) is 0 Å². The van der Waals surface area contributed by atoms with Crippen LogP contribution in [-0.2, 0) is 14.3 Å². The fourth-order valence-corrected chi connectivity index (χ4v) is 0.999. The van der Waals surface area contributed by atoms with Crippen molar-refractivity contribution in [1.29, 1.82) is 0 Å². The third-order valence-electron chi connectivity index (χ3n) is 1.55. The lowest BCUT2D eigenvalue weighted by Crippen LogP contribution is -2.32. The van der Waals surface area contributed by atoms with Crippen LogP contribution >= 0.6 is 0 Å². The van der Waals surface area contributed by atoms with Gasteiger partial charge in [0.15, 0.2) is 6.10 Å². The Hall–Kier alpha value is -0.610. The van der Waals surface area contributed by atoms with Gasteiger partial charge in [0, 0.05) is 6.54 Å². The highest BCUT2D eigenvalue weighted by Gasteiger charge is 2.16. The number of carbonyl (C=O) groups is 1. The number of esters is 1. The van der Waals surface area contributed by atoms with Crippen molar-refractivity contribution < 1.29 is 14.3 Å². The van der Waals surface area contributed by atoms with Crippen molar-refractivity contribution >= 4 is 5.97 Å². The van der Waals surface area contributed by atoms with E-state index in [1.807, 2.05) is 14.0 Å². The predicted molar refractivity (Wildman–Crippen MR) is 50.6 cm³/mol. The first kappa shape index (κ1) is 12.4. The fourth-order valence-electron chi connectivity index (χ4n) is 0.999. The average molecular weight is 189 g/mol. The third kappa shape index (κ3) is 5.60. The molecule has 13 heavy (non-hydrogen) atoms. The Balaban J connectivity index is 3.71. The predicted octanol–water partition coefficient (Wildman–Crippen LogP) is 0.562. The highest BCUT2D eigenvalue weighted by molar-refractivity contribution is 5.74. The van der Waals surface area contributed by atoms with Crippen molar-refractivity contribution in [3.8, 4) is 0 Å². The number of hydrogen-bond acceptors (Lipinski definition) is 4. The second-order valence-electron chi connectivity index (χ2n) is 2.90. The van der Waals surface area contributed by atoms with Gasteiger partial charge in [0.1, 0.15) is 0 Å². The van der Waals surface area contributed by atoms with Crippen LogP contribution < -0.4 is 5.32 Å². The van der Waals surface area contributed by atoms with Crippen LogP contribution in [0.5, 0.6) is 0 Å². The molecule has 78 valence electrons. The lowest BCUT2D eigenvalue weighted by Gasteiger charge is -2.17. The zero-order chi connectivity index (χ0) is 10.3. The Labute approximate surface area is 79.6 Å². The summed E-state index contributed by atoms with van der Waals surface area (Å²) in [5.41, 5.74) is 0. The summed E-state index contributed by atoms with van der Waals surface area (Å²) < 4.78 is 10.2. The summed E-state index contributed by atoms with van der Waals surface area (Å²) in [6.07, 6.45) is -0.465. The highest BCUT2D eigenvalue weighted by atomic mass is 16.6. The molecule has 0 radical (unpaired) electrons. The van der Waals surface area contributed by atoms with E-state index in [2.05, 4.69) is 5.32 Å². The molecule has 2 atom stereocenters. The van der Waals surface area contributed by atoms with Gasteiger partial charge in [-0.15, -0.1) is 0 Å². The van der Waals surface area contributed by atoms with Gasteiger partial charge >= 0.3 is 5.97 Å². The maximum atomic E-state index is 11.1. The van der Waals surface area contributed by atoms with Gasteiger partial charge in [0.25, 0.3) is 0 Å². The molecule has 0 aromatic carbocycles. The summed E-state index contributed by atoms with van der Waals surface area (Å²) in [4.78, 5) is 11.1. The summed E-state index contributed by atoms with van der Waals surface area (Å²) in [6, 6.07) is 0. The second kappa shape index (κ2) is 6.86. The van der Waals surface area contributed by atoms with E-state index in [1.165, 1.54) is 0 Å². The molecule has 4 heteroatoms. The molecular formula is C9H19NO3. The summed E-state index contributed by atoms with van der Waals surface area (Å²) in [6.45, 7) is 6.51. The molecule has 1 N–H and O–H groups in total. The Bertz CT molecular complexity index is 150. The van der Waals surface area contributed by atoms with E-state index in [0.29, 0.717) is 6.61 Å². The van der Waals surface area contributed by atoms with Crippen LogP contribution in [0.3, 0.4) is 0 Å². The highest BCUT2D eigenvalue weighted by Crippen LogP contribution is 1.99. The maximum absolute atomic E-state index is 11.1. The largest absolute Gasteiger partial charge is 0.464 e. The van der Waals surface area contributed by atoms with E-state index in [4.69, 9.17) is 9.47 Å². The molecule has 0 spiro atoms. The maximum Gasteiger partial charge on any atom is 0.334 e. The molecule has 4 nitrogen and oxygen atoms in total. The summed E-state index contributed by atoms with van der Waals surface area (Å²) in [5, 5.41) is 2.97. The van der Waals surface area contributed by atoms with E-state index in [9.17, 15) is 4.79 Å². The lowest BCUT2D eigenvalue weighted by atomic mass is 10.3. The van der Waals surface area contributed by atoms with Crippen LogP contribution in [0.4, 0.5) is 0 Å². The number of likely N-dealkylation sites (N-methyl/N-ethyl adjacent to an activating group) is 1. The first-order chi connectivity index (χ1) is 6.11. The Kier molecular flexibility index (Phi) is 6.54. The van der Waals surface area contributed by atoms with Crippen LogP contribution in [0.2, 0.25) is 0 Å². The van der Waals surface area contributed by atoms with Gasteiger partial charge in [0.05, 0.1) is 12.7 Å². The van der Waals surface area contributed by atoms with Gasteiger partial charge in [-0.1, -0.05) is 0 Å². The minimum absolute atomic E-state index is 0.0180. The minimum Gasteiger partial charge on any atom is -0.464 e. The lowest BCUT2D eigenvalue weighted by molar-refractivity contribution is -0.158. The van der Waals surface area contributed by atoms with Gasteiger partial charge in [-0.2, -0.15) is 0 Å². The Morgan fingerprint density at radius 1 is 1.46 bits per heavy atom. The number of ether oxygens (including phenoxy) is 2. The minimum atomic E-state index is -0.483. The summed E-state index contributed by atoms with van der Waals surface area (Å²) in [5.74, 6) is -0.301. The SMILES string of the molecule is CCOC(=O)C(C)OC(C)CNC. The van der Waals surface area contributed by atoms with E-state index in [0.717, 1.165) is 6.54 Å². The molecule has 2 unspecified atom stereocenters. The van der Waals surface area contributed by atoms with Gasteiger partial charge in [0.2, 0.25) is 0 Å². The number of rotatable bonds is 6. The van der Waals surface area contributed by atoms with Crippen molar-refractivity contribution in [3.05, 3.63) is 0 Å². The Morgan fingerprint density at radius 2 is 2.08 bits per heavy atom. The molecule has 0 saturated carbocycles. The van der Waals surface area contributed by atoms with Crippen LogP contribution in [0.15, 0.2) is 0 Å². The number of carbonyl (C=O) groups excluding carboxylic acids is 1. The molecule has 0 saturated heterocycles. The molecular weight excluding hydrogens is 170 g/mol. The topological polar surface area (TPSA) is 47.6 Å². The van der Waals surface area contributed by atoms with Gasteiger partial charge < -0.3 is 14.8 Å². The fraction of sp³-hybridized carbons (Fsp3) is 0.889. The van der Waals surface area contributed by atoms with Crippen molar-refractivity contribution in [2.75, 3.05) is 20.2 Å². The monoisotopic (exact) mass is 189 g/mol. The van der Waals surface area contributed by atoms with E-state index >= 15 is 0 Å². The molecule has 0 aliphatic heterocycles. The van der Waals surface area contributed by atoms with Crippen LogP contribution in [0.1, 0.15) is 20.8 Å². The molecule has 0 aliphatic carbocycles. The van der Waals surface area contributed by atoms with E-state index < -0.39 is 6.10 Å². The van der Waals surface area contributed by atoms with Crippen molar-refractivity contribution in [2.24, 2.45) is 0 Å². The molecule has 0 fully saturated rings. The molecule has 0 aliphatic rings. The van der Waals surface area contributed by atoms with Gasteiger partial charge in [-0.3, -0.25) is 0 Å². The molecule has 0 amide bonds. The summed E-state index contributed by atoms with van der Waals surface area (Å²) >= 11 is 0. The molecule has 0 aromatic rings. The molecule has 0 heterocycles. The van der Waals surface area contributed by atoms with Crippen molar-refractivity contribution in [2.45, 2.75) is 33.0 Å². The first-order valence-electron chi connectivity index (χ1n) is 4.58. The van der Waals surface area contributed by atoms with Crippen LogP contribution in [0, 0.1) is 0 Å². The zero-order valence-corrected chi connectivity index (χ0v) is 8.79. The van der Waals surface area contributed by atoms with Crippen LogP contribution in [0.25, 0.3) is 0 Å². The number of nitrogens with one attached hydrogen (secondary N) is 1. The normalized spacial score (nSPS) is 15.1. The standard InChI is InChI=1S/C9H19NO3/c1-5-12-9(11)8(3)13-7(2)6-10-4/h7-8,10H,5-6H2,1-4H3. The van der Waals surface area contributed by atoms with E-state index in [1.54, 1.807) is 13.8 Å². The molecule has 0 aromatic heterocycles. The van der Waals surface area contributed by atoms with Gasteiger partial charge in [-0.25, -0.2) is 4.79 Å². The average Bonchev–Trinajstić information content (AvgIpc) is 2.05. The molecule has 0 bridgehead atoms. The van der Waals surface area contributed by atoms with Crippen molar-refractivity contribution in [1.82, 2.24) is 5.32 Å². The molecule has 0 rings (SSSR count). The number of hydrogen-bond donors (Lipinski definition) is 1. The first-order valence-corrected chi connectivity index (χ1v) is 4.58. The van der Waals surface area contributed by atoms with Gasteiger partial charge in [-0.05, 0) is 27.8 Å². The van der Waals surface area contributed by atoms with Crippen LogP contribution in [-0.4, -0.2) is 38.4 Å². The quantitative estimate of drug-likeness (QED) is 0.620. The second-order valence-corrected chi connectivity index (χ2v) is 2.90. The smallest absolute Gasteiger partial charge is 0.334 e. The van der Waals surface area contributed by atoms with E-state index in [-0.39, 0.29) is 12.1 Å². The third-order valence-corrected chi connectivity index (χ3v) is 1.55. The Morgan fingerprint density at radius 3 is 2.54 bits per heavy atom. The zero-order valence-electron chi connectivity index (χ0n) is 8.79. The summed E-state index contributed by atoms with van der Waals surface area (Å²) in [7, 11) is 1.84.